The third-order valence-corrected chi connectivity index (χ3v) is 5.54. The van der Waals surface area contributed by atoms with E-state index in [0.29, 0.717) is 18.0 Å². The fraction of sp³-hybridized carbons (Fsp3) is 0.667. The van der Waals surface area contributed by atoms with Crippen LogP contribution in [0.2, 0.25) is 0 Å². The van der Waals surface area contributed by atoms with Crippen LogP contribution in [0.15, 0.2) is 12.7 Å². The maximum absolute atomic E-state index is 12.6. The molecule has 1 saturated carbocycles. The van der Waals surface area contributed by atoms with Gasteiger partial charge < -0.3 is 20.1 Å². The van der Waals surface area contributed by atoms with E-state index in [9.17, 15) is 4.79 Å². The predicted octanol–water partition coefficient (Wildman–Crippen LogP) is 1.56. The second-order valence-electron chi connectivity index (χ2n) is 7.46. The molecule has 1 amide bonds. The Kier molecular flexibility index (Phi) is 5.70. The molecule has 0 bridgehead atoms. The smallest absolute Gasteiger partial charge is 0.239 e. The van der Waals surface area contributed by atoms with Crippen molar-refractivity contribution in [2.24, 2.45) is 0 Å². The number of likely N-dealkylation sites (N-methyl/N-ethyl adjacent to an activating group) is 2. The summed E-state index contributed by atoms with van der Waals surface area (Å²) in [5.74, 6) is 0.684. The van der Waals surface area contributed by atoms with E-state index in [4.69, 9.17) is 0 Å². The largest absolute Gasteiger partial charge is 0.353 e. The third-order valence-electron chi connectivity index (χ3n) is 5.54. The third kappa shape index (κ3) is 3.95. The van der Waals surface area contributed by atoms with Crippen molar-refractivity contribution < 1.29 is 4.79 Å². The molecule has 142 valence electrons. The van der Waals surface area contributed by atoms with Crippen molar-refractivity contribution in [3.63, 3.8) is 0 Å². The molecule has 2 aromatic rings. The van der Waals surface area contributed by atoms with Crippen molar-refractivity contribution in [3.8, 4) is 0 Å². The van der Waals surface area contributed by atoms with E-state index in [-0.39, 0.29) is 18.0 Å². The molecular formula is C18H29N7O. The van der Waals surface area contributed by atoms with Crippen molar-refractivity contribution in [2.75, 3.05) is 39.1 Å². The molecule has 2 N–H and O–H groups in total. The van der Waals surface area contributed by atoms with Crippen molar-refractivity contribution in [1.29, 1.82) is 0 Å². The fourth-order valence-corrected chi connectivity index (χ4v) is 3.82. The molecule has 26 heavy (non-hydrogen) atoms. The van der Waals surface area contributed by atoms with E-state index >= 15 is 0 Å². The molecular weight excluding hydrogens is 330 g/mol. The van der Waals surface area contributed by atoms with Crippen LogP contribution < -0.4 is 10.2 Å². The van der Waals surface area contributed by atoms with Crippen LogP contribution >= 0.6 is 0 Å². The second-order valence-corrected chi connectivity index (χ2v) is 7.46. The van der Waals surface area contributed by atoms with Crippen molar-refractivity contribution >= 4 is 22.9 Å². The predicted molar refractivity (Wildman–Crippen MR) is 102 cm³/mol. The molecule has 0 aliphatic heterocycles. The van der Waals surface area contributed by atoms with Crippen molar-refractivity contribution in [1.82, 2.24) is 30.2 Å². The number of aromatic amines is 1. The number of carbonyl (C=O) groups excluding carboxylic acids is 1. The zero-order valence-electron chi connectivity index (χ0n) is 16.0. The van der Waals surface area contributed by atoms with E-state index in [1.807, 2.05) is 11.9 Å². The van der Waals surface area contributed by atoms with Crippen LogP contribution in [-0.2, 0) is 4.79 Å². The zero-order chi connectivity index (χ0) is 18.6. The number of carbonyl (C=O) groups is 1. The van der Waals surface area contributed by atoms with Gasteiger partial charge in [0.15, 0.2) is 11.5 Å². The van der Waals surface area contributed by atoms with E-state index in [0.717, 1.165) is 18.4 Å². The van der Waals surface area contributed by atoms with Gasteiger partial charge in [0, 0.05) is 19.1 Å². The van der Waals surface area contributed by atoms with Crippen molar-refractivity contribution in [2.45, 2.75) is 44.1 Å². The van der Waals surface area contributed by atoms with Crippen molar-refractivity contribution in [3.05, 3.63) is 12.7 Å². The van der Waals surface area contributed by atoms with Gasteiger partial charge in [-0.1, -0.05) is 25.7 Å². The number of hydrogen-bond acceptors (Lipinski definition) is 6. The Morgan fingerprint density at radius 1 is 1.15 bits per heavy atom. The summed E-state index contributed by atoms with van der Waals surface area (Å²) in [6.45, 7) is 0.935. The summed E-state index contributed by atoms with van der Waals surface area (Å²) in [7, 11) is 6.11. The number of nitrogens with zero attached hydrogens (tertiary/aromatic N) is 5. The lowest BCUT2D eigenvalue weighted by Crippen LogP contribution is -2.53. The SMILES string of the molecule is CN(CC(=O)NCC1(N(C)C)CCCCCC1)c1ncnc2nc[nH]c12. The van der Waals surface area contributed by atoms with Gasteiger partial charge in [0.25, 0.3) is 0 Å². The first-order valence-corrected chi connectivity index (χ1v) is 9.31. The Morgan fingerprint density at radius 3 is 2.58 bits per heavy atom. The lowest BCUT2D eigenvalue weighted by molar-refractivity contribution is -0.120. The van der Waals surface area contributed by atoms with Gasteiger partial charge in [-0.25, -0.2) is 15.0 Å². The van der Waals surface area contributed by atoms with Gasteiger partial charge in [0.1, 0.15) is 11.8 Å². The summed E-state index contributed by atoms with van der Waals surface area (Å²) < 4.78 is 0. The standard InChI is InChI=1S/C18H29N7O/c1-24(2)18(8-6-4-5-7-9-18)11-19-14(26)10-25(3)17-15-16(21-12-20-15)22-13-23-17/h12-13H,4-11H2,1-3H3,(H,19,26)(H,20,21,22,23). The average molecular weight is 359 g/mol. The molecule has 2 aromatic heterocycles. The molecule has 0 radical (unpaired) electrons. The molecule has 0 spiro atoms. The van der Waals surface area contributed by atoms with Gasteiger partial charge in [0.2, 0.25) is 5.91 Å². The molecule has 0 atom stereocenters. The second kappa shape index (κ2) is 7.99. The van der Waals surface area contributed by atoms with Crippen LogP contribution in [0.4, 0.5) is 5.82 Å². The minimum atomic E-state index is 0.00393. The lowest BCUT2D eigenvalue weighted by Gasteiger charge is -2.39. The minimum absolute atomic E-state index is 0.00393. The first kappa shape index (κ1) is 18.6. The average Bonchev–Trinajstić information content (AvgIpc) is 2.97. The number of H-pyrrole nitrogens is 1. The molecule has 1 fully saturated rings. The molecule has 8 heteroatoms. The highest BCUT2D eigenvalue weighted by molar-refractivity contribution is 5.87. The van der Waals surface area contributed by atoms with E-state index in [1.165, 1.54) is 32.0 Å². The summed E-state index contributed by atoms with van der Waals surface area (Å²) in [5.41, 5.74) is 1.42. The Morgan fingerprint density at radius 2 is 1.88 bits per heavy atom. The maximum Gasteiger partial charge on any atom is 0.239 e. The van der Waals surface area contributed by atoms with Crippen LogP contribution in [0.25, 0.3) is 11.2 Å². The molecule has 2 heterocycles. The highest BCUT2D eigenvalue weighted by Crippen LogP contribution is 2.30. The number of imidazole rings is 1. The normalized spacial score (nSPS) is 17.2. The van der Waals surface area contributed by atoms with Gasteiger partial charge in [-0.3, -0.25) is 4.79 Å². The number of rotatable bonds is 6. The number of nitrogens with one attached hydrogen (secondary N) is 2. The maximum atomic E-state index is 12.6. The summed E-state index contributed by atoms with van der Waals surface area (Å²) in [6.07, 6.45) is 10.4. The van der Waals surface area contributed by atoms with E-state index in [2.05, 4.69) is 44.2 Å². The Bertz CT molecular complexity index is 734. The van der Waals surface area contributed by atoms with Gasteiger partial charge in [-0.05, 0) is 26.9 Å². The fourth-order valence-electron chi connectivity index (χ4n) is 3.82. The Balaban J connectivity index is 1.62. The zero-order valence-corrected chi connectivity index (χ0v) is 16.0. The number of anilines is 1. The molecule has 8 nitrogen and oxygen atoms in total. The number of amides is 1. The highest BCUT2D eigenvalue weighted by atomic mass is 16.2. The van der Waals surface area contributed by atoms with Gasteiger partial charge in [0.05, 0.1) is 12.9 Å². The summed E-state index contributed by atoms with van der Waals surface area (Å²) in [6, 6.07) is 0. The molecule has 1 aliphatic rings. The van der Waals surface area contributed by atoms with E-state index < -0.39 is 0 Å². The quantitative estimate of drug-likeness (QED) is 0.761. The first-order valence-electron chi connectivity index (χ1n) is 9.31. The van der Waals surface area contributed by atoms with Crippen LogP contribution in [0.5, 0.6) is 0 Å². The topological polar surface area (TPSA) is 90.0 Å². The molecule has 3 rings (SSSR count). The van der Waals surface area contributed by atoms with Gasteiger partial charge >= 0.3 is 0 Å². The first-order chi connectivity index (χ1) is 12.5. The number of fused-ring (bicyclic) bond motifs is 1. The Labute approximate surface area is 154 Å². The highest BCUT2D eigenvalue weighted by Gasteiger charge is 2.33. The Hall–Kier alpha value is -2.22. The van der Waals surface area contributed by atoms with Crippen LogP contribution in [0.1, 0.15) is 38.5 Å². The summed E-state index contributed by atoms with van der Waals surface area (Å²) in [4.78, 5) is 32.3. The molecule has 0 aromatic carbocycles. The van der Waals surface area contributed by atoms with Gasteiger partial charge in [-0.15, -0.1) is 0 Å². The molecule has 1 aliphatic carbocycles. The van der Waals surface area contributed by atoms with Gasteiger partial charge in [-0.2, -0.15) is 0 Å². The summed E-state index contributed by atoms with van der Waals surface area (Å²) in [5, 5.41) is 3.15. The lowest BCUT2D eigenvalue weighted by atomic mass is 9.88. The molecule has 0 unspecified atom stereocenters. The van der Waals surface area contributed by atoms with Crippen LogP contribution in [0, 0.1) is 0 Å². The summed E-state index contributed by atoms with van der Waals surface area (Å²) >= 11 is 0. The van der Waals surface area contributed by atoms with Crippen LogP contribution in [0.3, 0.4) is 0 Å². The monoisotopic (exact) mass is 359 g/mol. The molecule has 0 saturated heterocycles. The van der Waals surface area contributed by atoms with E-state index in [1.54, 1.807) is 6.33 Å². The minimum Gasteiger partial charge on any atom is -0.353 e. The number of aromatic nitrogens is 4. The number of hydrogen-bond donors (Lipinski definition) is 2. The van der Waals surface area contributed by atoms with Crippen LogP contribution in [-0.4, -0.2) is 70.5 Å².